The molecule has 0 aliphatic carbocycles. The highest BCUT2D eigenvalue weighted by Gasteiger charge is 1.82. The van der Waals surface area contributed by atoms with Gasteiger partial charge in [-0.1, -0.05) is 12.1 Å². The standard InChI is InChI=1S/C7H6NO/c9-6-8-7-4-2-1-3-5-7/h1-2,4-6H,(H,8,9). The molecular formula is C7H6NO. The second kappa shape index (κ2) is 2.87. The largest absolute Gasteiger partial charge is 0.329 e. The van der Waals surface area contributed by atoms with E-state index in [-0.39, 0.29) is 0 Å². The van der Waals surface area contributed by atoms with Gasteiger partial charge in [-0.25, -0.2) is 0 Å². The Kier molecular flexibility index (Phi) is 1.85. The molecule has 9 heavy (non-hydrogen) atoms. The first-order valence-electron chi connectivity index (χ1n) is 2.60. The number of benzene rings is 1. The first-order valence-corrected chi connectivity index (χ1v) is 2.60. The Balaban J connectivity index is 2.72. The fourth-order valence-corrected chi connectivity index (χ4v) is 0.551. The molecule has 2 nitrogen and oxygen atoms in total. The molecule has 2 heteroatoms. The van der Waals surface area contributed by atoms with E-state index in [9.17, 15) is 4.79 Å². The van der Waals surface area contributed by atoms with E-state index in [2.05, 4.69) is 11.4 Å². The fourth-order valence-electron chi connectivity index (χ4n) is 0.551. The number of carbonyl (C=O) groups is 1. The van der Waals surface area contributed by atoms with Crippen molar-refractivity contribution in [1.82, 2.24) is 0 Å². The predicted octanol–water partition coefficient (Wildman–Crippen LogP) is 1.06. The molecular weight excluding hydrogens is 114 g/mol. The smallest absolute Gasteiger partial charge is 0.211 e. The zero-order chi connectivity index (χ0) is 6.53. The van der Waals surface area contributed by atoms with Crippen molar-refractivity contribution in [3.8, 4) is 0 Å². The first kappa shape index (κ1) is 5.82. The van der Waals surface area contributed by atoms with Crippen LogP contribution in [0.5, 0.6) is 0 Å². The highest BCUT2D eigenvalue weighted by atomic mass is 16.1. The molecule has 1 aromatic rings. The number of rotatable bonds is 2. The van der Waals surface area contributed by atoms with Crippen molar-refractivity contribution in [3.05, 3.63) is 30.3 Å². The van der Waals surface area contributed by atoms with E-state index < -0.39 is 0 Å². The van der Waals surface area contributed by atoms with Crippen LogP contribution < -0.4 is 5.32 Å². The van der Waals surface area contributed by atoms with Gasteiger partial charge in [0.05, 0.1) is 0 Å². The summed E-state index contributed by atoms with van der Waals surface area (Å²) in [6.45, 7) is 0. The summed E-state index contributed by atoms with van der Waals surface area (Å²) in [5.74, 6) is 0. The summed E-state index contributed by atoms with van der Waals surface area (Å²) in [4.78, 5) is 9.85. The number of hydrogen-bond donors (Lipinski definition) is 1. The molecule has 1 radical (unpaired) electrons. The van der Waals surface area contributed by atoms with Gasteiger partial charge >= 0.3 is 0 Å². The van der Waals surface area contributed by atoms with E-state index in [1.165, 1.54) is 0 Å². The molecule has 0 unspecified atom stereocenters. The summed E-state index contributed by atoms with van der Waals surface area (Å²) in [7, 11) is 0. The summed E-state index contributed by atoms with van der Waals surface area (Å²) >= 11 is 0. The molecule has 0 spiro atoms. The van der Waals surface area contributed by atoms with Gasteiger partial charge in [0, 0.05) is 5.69 Å². The van der Waals surface area contributed by atoms with Gasteiger partial charge in [-0.15, -0.1) is 0 Å². The minimum absolute atomic E-state index is 0.642. The van der Waals surface area contributed by atoms with Gasteiger partial charge in [0.25, 0.3) is 0 Å². The van der Waals surface area contributed by atoms with Gasteiger partial charge in [0.1, 0.15) is 0 Å². The molecule has 0 fully saturated rings. The van der Waals surface area contributed by atoms with Gasteiger partial charge in [0.2, 0.25) is 6.41 Å². The lowest BCUT2D eigenvalue weighted by Gasteiger charge is -1.92. The van der Waals surface area contributed by atoms with E-state index in [0.29, 0.717) is 6.41 Å². The Hall–Kier alpha value is -1.31. The Morgan fingerprint density at radius 3 is 3.11 bits per heavy atom. The molecule has 0 heterocycles. The van der Waals surface area contributed by atoms with E-state index in [0.717, 1.165) is 5.69 Å². The SMILES string of the molecule is O=CNc1c[c]ccc1. The monoisotopic (exact) mass is 120 g/mol. The second-order valence-corrected chi connectivity index (χ2v) is 1.55. The number of amides is 1. The number of carbonyl (C=O) groups excluding carboxylic acids is 1. The van der Waals surface area contributed by atoms with Crippen molar-refractivity contribution in [2.24, 2.45) is 0 Å². The fraction of sp³-hybridized carbons (Fsp3) is 0. The van der Waals surface area contributed by atoms with Gasteiger partial charge in [0.15, 0.2) is 0 Å². The van der Waals surface area contributed by atoms with Crippen molar-refractivity contribution < 1.29 is 4.79 Å². The van der Waals surface area contributed by atoms with E-state index in [4.69, 9.17) is 0 Å². The lowest BCUT2D eigenvalue weighted by molar-refractivity contribution is -0.105. The summed E-state index contributed by atoms with van der Waals surface area (Å²) in [5, 5.41) is 2.50. The Morgan fingerprint density at radius 1 is 1.67 bits per heavy atom. The lowest BCUT2D eigenvalue weighted by Crippen LogP contribution is -1.91. The minimum Gasteiger partial charge on any atom is -0.329 e. The third kappa shape index (κ3) is 1.57. The summed E-state index contributed by atoms with van der Waals surface area (Å²) in [5.41, 5.74) is 0.771. The van der Waals surface area contributed by atoms with Gasteiger partial charge in [-0.05, 0) is 18.2 Å². The topological polar surface area (TPSA) is 29.1 Å². The molecule has 0 atom stereocenters. The Labute approximate surface area is 53.5 Å². The second-order valence-electron chi connectivity index (χ2n) is 1.55. The molecule has 0 bridgehead atoms. The average Bonchev–Trinajstić information content (AvgIpc) is 1.91. The van der Waals surface area contributed by atoms with Crippen LogP contribution in [-0.4, -0.2) is 6.41 Å². The van der Waals surface area contributed by atoms with Crippen LogP contribution in [0.4, 0.5) is 5.69 Å². The summed E-state index contributed by atoms with van der Waals surface area (Å²) in [6.07, 6.45) is 0.642. The molecule has 1 aromatic carbocycles. The molecule has 0 aliphatic heterocycles. The van der Waals surface area contributed by atoms with Crippen molar-refractivity contribution >= 4 is 12.1 Å². The summed E-state index contributed by atoms with van der Waals surface area (Å²) in [6, 6.07) is 9.91. The third-order valence-electron chi connectivity index (χ3n) is 0.933. The maximum absolute atomic E-state index is 9.85. The van der Waals surface area contributed by atoms with Crippen molar-refractivity contribution in [2.45, 2.75) is 0 Å². The molecule has 45 valence electrons. The van der Waals surface area contributed by atoms with E-state index >= 15 is 0 Å². The van der Waals surface area contributed by atoms with Gasteiger partial charge in [-0.2, -0.15) is 0 Å². The Bertz CT molecular complexity index is 183. The molecule has 1 N–H and O–H groups in total. The average molecular weight is 120 g/mol. The molecule has 1 amide bonds. The molecule has 0 saturated heterocycles. The van der Waals surface area contributed by atoms with Crippen LogP contribution in [0.25, 0.3) is 0 Å². The van der Waals surface area contributed by atoms with Gasteiger partial charge in [-0.3, -0.25) is 4.79 Å². The highest BCUT2D eigenvalue weighted by molar-refractivity contribution is 5.70. The lowest BCUT2D eigenvalue weighted by atomic mass is 10.3. The molecule has 1 rings (SSSR count). The van der Waals surface area contributed by atoms with Crippen LogP contribution in [-0.2, 0) is 4.79 Å². The summed E-state index contributed by atoms with van der Waals surface area (Å²) < 4.78 is 0. The normalized spacial score (nSPS) is 8.44. The Morgan fingerprint density at radius 2 is 2.56 bits per heavy atom. The van der Waals surface area contributed by atoms with E-state index in [1.54, 1.807) is 18.2 Å². The van der Waals surface area contributed by atoms with Crippen LogP contribution in [0.2, 0.25) is 0 Å². The first-order chi connectivity index (χ1) is 4.43. The number of hydrogen-bond acceptors (Lipinski definition) is 1. The zero-order valence-electron chi connectivity index (χ0n) is 4.79. The molecule has 0 aromatic heterocycles. The van der Waals surface area contributed by atoms with Gasteiger partial charge < -0.3 is 5.32 Å². The van der Waals surface area contributed by atoms with Crippen LogP contribution in [0.15, 0.2) is 24.3 Å². The maximum Gasteiger partial charge on any atom is 0.211 e. The van der Waals surface area contributed by atoms with Crippen LogP contribution in [0, 0.1) is 6.07 Å². The predicted molar refractivity (Wildman–Crippen MR) is 35.0 cm³/mol. The minimum atomic E-state index is 0.642. The number of anilines is 1. The molecule has 0 aliphatic rings. The van der Waals surface area contributed by atoms with E-state index in [1.807, 2.05) is 6.07 Å². The van der Waals surface area contributed by atoms with Crippen LogP contribution in [0.1, 0.15) is 0 Å². The maximum atomic E-state index is 9.85. The molecule has 0 saturated carbocycles. The van der Waals surface area contributed by atoms with Crippen molar-refractivity contribution in [1.29, 1.82) is 0 Å². The third-order valence-corrected chi connectivity index (χ3v) is 0.933. The van der Waals surface area contributed by atoms with Crippen LogP contribution >= 0.6 is 0 Å². The van der Waals surface area contributed by atoms with Crippen molar-refractivity contribution in [2.75, 3.05) is 5.32 Å². The zero-order valence-corrected chi connectivity index (χ0v) is 4.79. The van der Waals surface area contributed by atoms with Crippen LogP contribution in [0.3, 0.4) is 0 Å². The van der Waals surface area contributed by atoms with Crippen molar-refractivity contribution in [3.63, 3.8) is 0 Å². The highest BCUT2D eigenvalue weighted by Crippen LogP contribution is 2.01. The number of nitrogens with one attached hydrogen (secondary N) is 1. The quantitative estimate of drug-likeness (QED) is 0.581.